The number of imide groups is 2. The van der Waals surface area contributed by atoms with Crippen molar-refractivity contribution in [2.75, 3.05) is 36.7 Å². The van der Waals surface area contributed by atoms with Gasteiger partial charge in [0.2, 0.25) is 49.3 Å². The fraction of sp³-hybridized carbons (Fsp3) is 0.355. The van der Waals surface area contributed by atoms with E-state index < -0.39 is 149 Å². The first-order valence-electron chi connectivity index (χ1n) is 29.4. The number of amides is 6. The Kier molecular flexibility index (Phi) is 18.4. The molecule has 12 rings (SSSR count). The minimum atomic E-state index is -5.42. The average molecular weight is 1340 g/mol. The van der Waals surface area contributed by atoms with Gasteiger partial charge in [-0.2, -0.15) is 17.4 Å². The highest BCUT2D eigenvalue weighted by Crippen LogP contribution is 2.41. The molecule has 0 spiro atoms. The van der Waals surface area contributed by atoms with Crippen LogP contribution in [0.4, 0.5) is 50.9 Å². The fourth-order valence-electron chi connectivity index (χ4n) is 12.4. The molecule has 2 saturated carbocycles. The second-order valence-corrected chi connectivity index (χ2v) is 26.6. The highest BCUT2D eigenvalue weighted by atomic mass is 32.2. The van der Waals surface area contributed by atoms with Crippen LogP contribution in [0.2, 0.25) is 0 Å². The highest BCUT2D eigenvalue weighted by molar-refractivity contribution is 7.89. The first kappa shape index (κ1) is 65.8. The number of aromatic nitrogens is 2. The number of hydrogen-bond acceptors (Lipinski definition) is 14. The number of ether oxygens (including phenoxy) is 1. The Hall–Kier alpha value is -8.65. The predicted octanol–water partition coefficient (Wildman–Crippen LogP) is 8.94. The molecule has 6 aromatic rings. The Bertz CT molecular complexity index is 4260. The Morgan fingerprint density at radius 1 is 0.527 bits per heavy atom. The summed E-state index contributed by atoms with van der Waals surface area (Å²) in [5.41, 5.74) is 2.86. The minimum absolute atomic E-state index is 0.00711. The lowest BCUT2D eigenvalue weighted by Gasteiger charge is -2.41. The Balaban J connectivity index is 0.000000190. The quantitative estimate of drug-likeness (QED) is 0.0397. The lowest BCUT2D eigenvalue weighted by molar-refractivity contribution is -0.125. The van der Waals surface area contributed by atoms with E-state index in [0.717, 1.165) is 85.8 Å². The molecule has 2 atom stereocenters. The number of pyridine rings is 2. The van der Waals surface area contributed by atoms with E-state index in [0.29, 0.717) is 36.7 Å². The van der Waals surface area contributed by atoms with Gasteiger partial charge in [0.15, 0.2) is 50.4 Å². The monoisotopic (exact) mass is 1340 g/mol. The van der Waals surface area contributed by atoms with Crippen LogP contribution in [0.25, 0.3) is 0 Å². The maximum atomic E-state index is 14.9. The van der Waals surface area contributed by atoms with Crippen LogP contribution in [-0.2, 0) is 42.7 Å². The Morgan fingerprint density at radius 2 is 0.925 bits per heavy atom. The number of hydrogen-bond donors (Lipinski definition) is 2. The van der Waals surface area contributed by atoms with Crippen LogP contribution in [0.1, 0.15) is 153 Å². The normalized spacial score (nSPS) is 18.7. The van der Waals surface area contributed by atoms with Gasteiger partial charge in [-0.25, -0.2) is 47.6 Å². The van der Waals surface area contributed by atoms with Gasteiger partial charge in [-0.3, -0.25) is 49.0 Å². The van der Waals surface area contributed by atoms with E-state index in [4.69, 9.17) is 0 Å². The van der Waals surface area contributed by atoms with Crippen molar-refractivity contribution < 1.29 is 95.0 Å². The van der Waals surface area contributed by atoms with Crippen LogP contribution in [0, 0.1) is 52.4 Å². The number of carbonyl (C=O) groups excluding carboxylic acids is 6. The SMILES string of the molecule is COc1c(F)c(F)c(S(=O)(=O)N2CC[C@@H]2C(=O)N(Cc2ccc(C3CCCCC3)cn2)c2ccc3c(c2)C(=O)NC3=O)c(F)c1F.O=C1c2ccc(N(Cc3ccc(C4CCCCC4)cn3)C(=O)[C@H]3CCN3S(=O)(=O)c3c(F)c(F)c(F)c(F)c3F)cc2C(=O)N1CO. The summed E-state index contributed by atoms with van der Waals surface area (Å²) in [6.07, 6.45) is 14.0. The van der Waals surface area contributed by atoms with Gasteiger partial charge in [0.1, 0.15) is 18.8 Å². The van der Waals surface area contributed by atoms with Crippen molar-refractivity contribution in [1.29, 1.82) is 0 Å². The van der Waals surface area contributed by atoms with E-state index >= 15 is 0 Å². The van der Waals surface area contributed by atoms with Gasteiger partial charge < -0.3 is 19.6 Å². The molecule has 93 heavy (non-hydrogen) atoms. The van der Waals surface area contributed by atoms with E-state index in [-0.39, 0.29) is 66.1 Å². The van der Waals surface area contributed by atoms with Gasteiger partial charge in [-0.1, -0.05) is 50.7 Å². The van der Waals surface area contributed by atoms with Gasteiger partial charge >= 0.3 is 0 Å². The van der Waals surface area contributed by atoms with Crippen LogP contribution in [0.5, 0.6) is 5.75 Å². The maximum Gasteiger partial charge on any atom is 0.263 e. The zero-order valence-electron chi connectivity index (χ0n) is 49.0. The summed E-state index contributed by atoms with van der Waals surface area (Å²) in [5, 5.41) is 11.6. The summed E-state index contributed by atoms with van der Waals surface area (Å²) in [7, 11) is -9.95. The second kappa shape index (κ2) is 26.0. The molecule has 2 aliphatic carbocycles. The van der Waals surface area contributed by atoms with Crippen LogP contribution in [-0.4, -0.2) is 120 Å². The summed E-state index contributed by atoms with van der Waals surface area (Å²) in [6, 6.07) is 11.9. The van der Waals surface area contributed by atoms with Crippen molar-refractivity contribution in [3.8, 4) is 5.75 Å². The molecular weight excluding hydrogens is 1280 g/mol. The van der Waals surface area contributed by atoms with Gasteiger partial charge in [0.05, 0.1) is 53.8 Å². The summed E-state index contributed by atoms with van der Waals surface area (Å²) >= 11 is 0. The van der Waals surface area contributed by atoms with Crippen LogP contribution >= 0.6 is 0 Å². The van der Waals surface area contributed by atoms with E-state index in [2.05, 4.69) is 20.0 Å². The van der Waals surface area contributed by atoms with Crippen LogP contribution < -0.4 is 19.9 Å². The van der Waals surface area contributed by atoms with E-state index in [9.17, 15) is 90.2 Å². The maximum absolute atomic E-state index is 14.9. The molecule has 0 bridgehead atoms. The number of halogens is 9. The highest BCUT2D eigenvalue weighted by Gasteiger charge is 2.50. The number of nitrogens with zero attached hydrogens (tertiary/aromatic N) is 7. The standard InChI is InChI=1S/C31H27F5N4O6S.C31H28F4N4O6S/c32-23-24(33)26(35)28(27(36)25(23)34)47(45,46)40-11-10-22(40)31(44)38(14-18-7-6-17(13-37-18)16-4-2-1-3-5-16)19-8-9-20-21(12-19)30(43)39(15-41)29(20)42;1-45-27-23(32)25(34)28(26(35)24(27)33)46(43,44)39-12-11-22(39)31(42)38(19-9-10-20-21(13-19)30(41)37-29(20)40)15-18-8-7-17(14-36-18)16-5-3-2-4-6-16/h6-9,12-13,16,22,41H,1-5,10-11,14-15H2;7-10,13-14,16,22H,2-6,11-12,15H2,1H3,(H,37,40,41)/t2*22-/m11/s1. The summed E-state index contributed by atoms with van der Waals surface area (Å²) < 4.78 is 188. The third-order valence-electron chi connectivity index (χ3n) is 17.7. The van der Waals surface area contributed by atoms with Crippen LogP contribution in [0.15, 0.2) is 82.8 Å². The topological polar surface area (TPSA) is 254 Å². The zero-order valence-corrected chi connectivity index (χ0v) is 50.7. The molecule has 2 N–H and O–H groups in total. The summed E-state index contributed by atoms with van der Waals surface area (Å²) in [5.74, 6) is -26.5. The molecule has 490 valence electrons. The molecule has 6 amide bonds. The summed E-state index contributed by atoms with van der Waals surface area (Å²) in [4.78, 5) is 85.8. The Morgan fingerprint density at radius 3 is 1.32 bits per heavy atom. The molecule has 0 unspecified atom stereocenters. The van der Waals surface area contributed by atoms with E-state index in [1.165, 1.54) is 42.8 Å². The van der Waals surface area contributed by atoms with Crippen molar-refractivity contribution in [2.45, 2.75) is 124 Å². The van der Waals surface area contributed by atoms with Crippen molar-refractivity contribution in [3.63, 3.8) is 0 Å². The number of sulfonamides is 2. The zero-order chi connectivity index (χ0) is 66.7. The second-order valence-electron chi connectivity index (χ2n) is 23.0. The van der Waals surface area contributed by atoms with Gasteiger partial charge in [0, 0.05) is 36.9 Å². The molecule has 4 aliphatic heterocycles. The molecule has 4 aromatic carbocycles. The van der Waals surface area contributed by atoms with Crippen molar-refractivity contribution in [1.82, 2.24) is 28.8 Å². The fourth-order valence-corrected chi connectivity index (χ4v) is 15.9. The molecule has 2 aromatic heterocycles. The first-order valence-corrected chi connectivity index (χ1v) is 32.3. The number of rotatable bonds is 16. The van der Waals surface area contributed by atoms with Gasteiger partial charge in [-0.05, 0) is 110 Å². The molecule has 0 radical (unpaired) electrons. The molecule has 20 nitrogen and oxygen atoms in total. The molecule has 6 aliphatic rings. The number of benzene rings is 4. The van der Waals surface area contributed by atoms with Crippen LogP contribution in [0.3, 0.4) is 0 Å². The number of nitrogens with one attached hydrogen (secondary N) is 1. The average Bonchev–Trinajstić information content (AvgIpc) is 1.48. The van der Waals surface area contributed by atoms with Gasteiger partial charge in [-0.15, -0.1) is 0 Å². The van der Waals surface area contributed by atoms with Crippen molar-refractivity contribution >= 4 is 66.9 Å². The lowest BCUT2D eigenvalue weighted by atomic mass is 9.85. The van der Waals surface area contributed by atoms with Crippen molar-refractivity contribution in [2.24, 2.45) is 0 Å². The number of anilines is 2. The molecular formula is C62H55F9N8O12S2. The summed E-state index contributed by atoms with van der Waals surface area (Å²) in [6.45, 7) is -2.22. The predicted molar refractivity (Wildman–Crippen MR) is 308 cm³/mol. The third-order valence-corrected chi connectivity index (χ3v) is 21.5. The number of carbonyl (C=O) groups is 6. The number of methoxy groups -OCH3 is 1. The number of aliphatic hydroxyl groups is 1. The van der Waals surface area contributed by atoms with Crippen molar-refractivity contribution in [3.05, 3.63) is 170 Å². The molecule has 31 heteroatoms. The minimum Gasteiger partial charge on any atom is -0.491 e. The van der Waals surface area contributed by atoms with E-state index in [1.54, 1.807) is 24.5 Å². The van der Waals surface area contributed by atoms with Gasteiger partial charge in [0.25, 0.3) is 23.6 Å². The van der Waals surface area contributed by atoms with E-state index in [1.807, 2.05) is 12.1 Å². The Labute approximate surface area is 525 Å². The third kappa shape index (κ3) is 11.9. The smallest absolute Gasteiger partial charge is 0.263 e. The molecule has 6 heterocycles. The molecule has 4 fully saturated rings. The number of aliphatic hydroxyl groups excluding tert-OH is 1. The largest absolute Gasteiger partial charge is 0.491 e. The number of fused-ring (bicyclic) bond motifs is 2. The lowest BCUT2D eigenvalue weighted by Crippen LogP contribution is -2.59. The first-order chi connectivity index (χ1) is 44.3. The molecule has 2 saturated heterocycles.